The topological polar surface area (TPSA) is 3.24 Å². The van der Waals surface area contributed by atoms with E-state index in [0.717, 1.165) is 12.8 Å². The van der Waals surface area contributed by atoms with Gasteiger partial charge in [0.15, 0.2) is 0 Å². The molecule has 5 aliphatic rings. The predicted octanol–water partition coefficient (Wildman–Crippen LogP) is 15.0. The van der Waals surface area contributed by atoms with Crippen molar-refractivity contribution in [3.8, 4) is 33.4 Å². The van der Waals surface area contributed by atoms with E-state index in [4.69, 9.17) is 0 Å². The SMILES string of the molecule is CC1(C)C2=C(C=CC(N3C4=CC=CCC4C(c4ccccc4)(c4ccccc4)c4ccccc43)C2)c2cc3c(cc21)-c1cc(-c2ccccc2)cc(-c2ccccc2)c1C3(C)C. The van der Waals surface area contributed by atoms with E-state index in [1.165, 1.54) is 89.3 Å². The first-order chi connectivity index (χ1) is 30.3. The standard InChI is InChI=1S/C61H51N/c1-59(2)53-37-45(62-56-31-19-17-29-51(56)61(43-25-13-7-14-26-43,44-27-15-8-16-28-44)52-30-18-20-32-57(52)62)33-34-46(53)48-38-55-49(39-54(48)59)50-36-42(40-21-9-5-10-22-40)35-47(58(50)60(55,3)4)41-23-11-6-12-24-41/h5-29,31-36,38-39,45,52H,30,37H2,1-4H3. The van der Waals surface area contributed by atoms with Crippen LogP contribution in [0.2, 0.25) is 0 Å². The summed E-state index contributed by atoms with van der Waals surface area (Å²) in [7, 11) is 0. The second kappa shape index (κ2) is 13.7. The van der Waals surface area contributed by atoms with Gasteiger partial charge >= 0.3 is 0 Å². The Balaban J connectivity index is 0.983. The molecule has 62 heavy (non-hydrogen) atoms. The first kappa shape index (κ1) is 37.1. The molecule has 0 spiro atoms. The fourth-order valence-electron chi connectivity index (χ4n) is 12.5. The van der Waals surface area contributed by atoms with Gasteiger partial charge in [-0.2, -0.15) is 0 Å². The molecule has 0 amide bonds. The molecule has 300 valence electrons. The Labute approximate surface area is 367 Å². The Bertz CT molecular complexity index is 3010. The van der Waals surface area contributed by atoms with Crippen LogP contribution in [0, 0.1) is 5.92 Å². The summed E-state index contributed by atoms with van der Waals surface area (Å²) in [6, 6.07) is 64.1. The van der Waals surface area contributed by atoms with Crippen LogP contribution in [0.15, 0.2) is 212 Å². The third-order valence-corrected chi connectivity index (χ3v) is 15.3. The van der Waals surface area contributed by atoms with E-state index >= 15 is 0 Å². The highest BCUT2D eigenvalue weighted by molar-refractivity contribution is 5.96. The predicted molar refractivity (Wildman–Crippen MR) is 259 cm³/mol. The molecule has 2 unspecified atom stereocenters. The Morgan fingerprint density at radius 3 is 1.79 bits per heavy atom. The van der Waals surface area contributed by atoms with Crippen LogP contribution in [0.4, 0.5) is 5.69 Å². The molecule has 1 nitrogen and oxygen atoms in total. The number of hydrogen-bond donors (Lipinski definition) is 0. The molecule has 0 aromatic heterocycles. The molecule has 0 N–H and O–H groups in total. The first-order valence-corrected chi connectivity index (χ1v) is 22.6. The van der Waals surface area contributed by atoms with Gasteiger partial charge in [-0.15, -0.1) is 0 Å². The first-order valence-electron chi connectivity index (χ1n) is 22.6. The Morgan fingerprint density at radius 1 is 0.516 bits per heavy atom. The average Bonchev–Trinajstić information content (AvgIpc) is 3.69. The fraction of sp³-hybridized carbons (Fsp3) is 0.180. The molecule has 7 aromatic rings. The summed E-state index contributed by atoms with van der Waals surface area (Å²) >= 11 is 0. The average molecular weight is 798 g/mol. The molecule has 0 bridgehead atoms. The molecule has 0 saturated heterocycles. The van der Waals surface area contributed by atoms with Crippen molar-refractivity contribution < 1.29 is 0 Å². The van der Waals surface area contributed by atoms with Gasteiger partial charge in [0.25, 0.3) is 0 Å². The number of rotatable bonds is 5. The van der Waals surface area contributed by atoms with E-state index in [1.54, 1.807) is 5.57 Å². The number of nitrogens with zero attached hydrogens (tertiary/aromatic N) is 1. The van der Waals surface area contributed by atoms with Gasteiger partial charge in [0.1, 0.15) is 0 Å². The number of para-hydroxylation sites is 1. The quantitative estimate of drug-likeness (QED) is 0.168. The minimum absolute atomic E-state index is 0.137. The second-order valence-corrected chi connectivity index (χ2v) is 19.1. The maximum atomic E-state index is 2.72. The van der Waals surface area contributed by atoms with Crippen LogP contribution in [0.25, 0.3) is 39.0 Å². The van der Waals surface area contributed by atoms with E-state index in [9.17, 15) is 0 Å². The van der Waals surface area contributed by atoms with Gasteiger partial charge in [0.2, 0.25) is 0 Å². The minimum Gasteiger partial charge on any atom is -0.337 e. The summed E-state index contributed by atoms with van der Waals surface area (Å²) in [4.78, 5) is 2.72. The molecule has 7 aromatic carbocycles. The van der Waals surface area contributed by atoms with Crippen LogP contribution >= 0.6 is 0 Å². The largest absolute Gasteiger partial charge is 0.337 e. The zero-order valence-corrected chi connectivity index (χ0v) is 36.1. The van der Waals surface area contributed by atoms with Crippen molar-refractivity contribution in [2.75, 3.05) is 4.90 Å². The van der Waals surface area contributed by atoms with Crippen molar-refractivity contribution in [2.45, 2.75) is 62.8 Å². The van der Waals surface area contributed by atoms with Crippen LogP contribution in [-0.2, 0) is 16.2 Å². The number of anilines is 1. The van der Waals surface area contributed by atoms with Gasteiger partial charge in [-0.3, -0.25) is 0 Å². The lowest BCUT2D eigenvalue weighted by atomic mass is 9.57. The monoisotopic (exact) mass is 797 g/mol. The van der Waals surface area contributed by atoms with Crippen molar-refractivity contribution in [3.05, 3.63) is 250 Å². The third kappa shape index (κ3) is 5.15. The highest BCUT2D eigenvalue weighted by Gasteiger charge is 2.53. The number of hydrogen-bond acceptors (Lipinski definition) is 1. The van der Waals surface area contributed by atoms with Crippen molar-refractivity contribution in [1.82, 2.24) is 0 Å². The van der Waals surface area contributed by atoms with Crippen LogP contribution in [0.3, 0.4) is 0 Å². The van der Waals surface area contributed by atoms with E-state index in [1.807, 2.05) is 0 Å². The smallest absolute Gasteiger partial charge is 0.0560 e. The molecule has 4 aliphatic carbocycles. The summed E-state index contributed by atoms with van der Waals surface area (Å²) in [6.45, 7) is 9.86. The van der Waals surface area contributed by atoms with Crippen LogP contribution in [0.5, 0.6) is 0 Å². The lowest BCUT2D eigenvalue weighted by molar-refractivity contribution is 0.392. The van der Waals surface area contributed by atoms with E-state index in [-0.39, 0.29) is 28.2 Å². The summed E-state index contributed by atoms with van der Waals surface area (Å²) in [5.74, 6) is 0.233. The third-order valence-electron chi connectivity index (χ3n) is 15.3. The molecule has 2 atom stereocenters. The molecular weight excluding hydrogens is 747 g/mol. The molecule has 0 saturated carbocycles. The molecule has 0 radical (unpaired) electrons. The van der Waals surface area contributed by atoms with Gasteiger partial charge in [0, 0.05) is 28.1 Å². The van der Waals surface area contributed by atoms with E-state index in [2.05, 4.69) is 233 Å². The van der Waals surface area contributed by atoms with E-state index in [0.29, 0.717) is 0 Å². The van der Waals surface area contributed by atoms with Crippen molar-refractivity contribution >= 4 is 11.3 Å². The van der Waals surface area contributed by atoms with Crippen molar-refractivity contribution in [3.63, 3.8) is 0 Å². The minimum atomic E-state index is -0.331. The zero-order valence-electron chi connectivity index (χ0n) is 36.1. The molecule has 12 rings (SSSR count). The number of allylic oxidation sites excluding steroid dienone is 6. The maximum Gasteiger partial charge on any atom is 0.0560 e. The van der Waals surface area contributed by atoms with Crippen molar-refractivity contribution in [2.24, 2.45) is 5.92 Å². The second-order valence-electron chi connectivity index (χ2n) is 19.1. The van der Waals surface area contributed by atoms with E-state index < -0.39 is 0 Å². The van der Waals surface area contributed by atoms with Crippen LogP contribution < -0.4 is 4.90 Å². The highest BCUT2D eigenvalue weighted by atomic mass is 15.2. The summed E-state index contributed by atoms with van der Waals surface area (Å²) < 4.78 is 0. The van der Waals surface area contributed by atoms with Gasteiger partial charge in [0.05, 0.1) is 11.5 Å². The molecule has 1 aliphatic heterocycles. The van der Waals surface area contributed by atoms with Gasteiger partial charge in [-0.25, -0.2) is 0 Å². The van der Waals surface area contributed by atoms with Crippen molar-refractivity contribution in [1.29, 1.82) is 0 Å². The van der Waals surface area contributed by atoms with Crippen LogP contribution in [-0.4, -0.2) is 6.04 Å². The molecule has 0 fully saturated rings. The molecular formula is C61H51N. The highest BCUT2D eigenvalue weighted by Crippen LogP contribution is 2.61. The molecule has 1 heterocycles. The molecule has 1 heteroatoms. The van der Waals surface area contributed by atoms with Crippen LogP contribution in [0.1, 0.15) is 79.5 Å². The summed E-state index contributed by atoms with van der Waals surface area (Å²) in [6.07, 6.45) is 14.1. The Kier molecular flexibility index (Phi) is 8.17. The fourth-order valence-corrected chi connectivity index (χ4v) is 12.5. The normalized spacial score (nSPS) is 20.4. The zero-order chi connectivity index (χ0) is 41.8. The van der Waals surface area contributed by atoms with Gasteiger partial charge in [-0.1, -0.05) is 192 Å². The Hall–Kier alpha value is -6.70. The Morgan fingerprint density at radius 2 is 1.10 bits per heavy atom. The summed E-state index contributed by atoms with van der Waals surface area (Å²) in [5.41, 5.74) is 22.8. The lowest BCUT2D eigenvalue weighted by Crippen LogP contribution is -2.51. The van der Waals surface area contributed by atoms with Gasteiger partial charge < -0.3 is 4.90 Å². The summed E-state index contributed by atoms with van der Waals surface area (Å²) in [5, 5.41) is 0. The number of fused-ring (bicyclic) bond motifs is 7. The lowest BCUT2D eigenvalue weighted by Gasteiger charge is -2.54. The number of benzene rings is 7. The van der Waals surface area contributed by atoms with Gasteiger partial charge in [-0.05, 0) is 133 Å². The maximum absolute atomic E-state index is 2.72.